The maximum Gasteiger partial charge on any atom is 0.309 e. The summed E-state index contributed by atoms with van der Waals surface area (Å²) >= 11 is 0. The first kappa shape index (κ1) is 28.9. The number of aromatic nitrogens is 2. The number of hydrogen-bond acceptors (Lipinski definition) is 9. The number of nitrogens with zero attached hydrogens (tertiary/aromatic N) is 3. The monoisotopic (exact) mass is 521 g/mol. The van der Waals surface area contributed by atoms with Gasteiger partial charge in [0.05, 0.1) is 26.2 Å². The standard InChI is InChI=1S/C29H39N5O4/c1-20-25(18-21-9-11-24(12-10-21)38-16-6-14-34(2)3)28(33-29(30)31-20)32-26(13-15-35)23-8-5-7-22(17-23)19-27(36)37-4/h5,7-12,17,26,35H,6,13-16,18-19H2,1-4H3,(H3,30,31,32,33). The van der Waals surface area contributed by atoms with E-state index >= 15 is 0 Å². The average Bonchev–Trinajstić information content (AvgIpc) is 2.89. The molecule has 9 heteroatoms. The van der Waals surface area contributed by atoms with Crippen LogP contribution in [0.5, 0.6) is 5.75 Å². The van der Waals surface area contributed by atoms with Gasteiger partial charge in [-0.15, -0.1) is 0 Å². The number of aliphatic hydroxyl groups excluding tert-OH is 1. The van der Waals surface area contributed by atoms with Crippen molar-refractivity contribution >= 4 is 17.7 Å². The molecule has 0 spiro atoms. The molecule has 0 bridgehead atoms. The molecule has 3 aromatic rings. The third kappa shape index (κ3) is 8.71. The zero-order valence-electron chi connectivity index (χ0n) is 22.7. The fraction of sp³-hybridized carbons (Fsp3) is 0.414. The lowest BCUT2D eigenvalue weighted by molar-refractivity contribution is -0.139. The number of esters is 1. The van der Waals surface area contributed by atoms with Gasteiger partial charge in [-0.1, -0.05) is 36.4 Å². The van der Waals surface area contributed by atoms with Gasteiger partial charge >= 0.3 is 5.97 Å². The van der Waals surface area contributed by atoms with E-state index in [0.29, 0.717) is 25.3 Å². The molecule has 0 saturated carbocycles. The Hall–Kier alpha value is -3.69. The molecule has 38 heavy (non-hydrogen) atoms. The maximum absolute atomic E-state index is 11.8. The number of rotatable bonds is 14. The van der Waals surface area contributed by atoms with Crippen molar-refractivity contribution in [2.45, 2.75) is 38.6 Å². The van der Waals surface area contributed by atoms with E-state index in [-0.39, 0.29) is 31.0 Å². The Morgan fingerprint density at radius 2 is 1.89 bits per heavy atom. The minimum absolute atomic E-state index is 0.0240. The quantitative estimate of drug-likeness (QED) is 0.216. The molecule has 204 valence electrons. The first-order valence-electron chi connectivity index (χ1n) is 12.8. The molecule has 9 nitrogen and oxygen atoms in total. The van der Waals surface area contributed by atoms with Gasteiger partial charge in [-0.25, -0.2) is 4.98 Å². The van der Waals surface area contributed by atoms with E-state index in [4.69, 9.17) is 15.2 Å². The molecule has 0 fully saturated rings. The van der Waals surface area contributed by atoms with Crippen LogP contribution in [-0.4, -0.2) is 66.9 Å². The van der Waals surface area contributed by atoms with Crippen LogP contribution in [0.2, 0.25) is 0 Å². The van der Waals surface area contributed by atoms with Crippen LogP contribution in [0.15, 0.2) is 48.5 Å². The normalized spacial score (nSPS) is 11.8. The number of methoxy groups -OCH3 is 1. The number of aryl methyl sites for hydroxylation is 1. The molecule has 3 rings (SSSR count). The second kappa shape index (κ2) is 14.3. The number of nitrogens with one attached hydrogen (secondary N) is 1. The highest BCUT2D eigenvalue weighted by atomic mass is 16.5. The highest BCUT2D eigenvalue weighted by Crippen LogP contribution is 2.28. The lowest BCUT2D eigenvalue weighted by atomic mass is 9.99. The highest BCUT2D eigenvalue weighted by molar-refractivity contribution is 5.72. The van der Waals surface area contributed by atoms with Gasteiger partial charge in [0.25, 0.3) is 0 Å². The largest absolute Gasteiger partial charge is 0.494 e. The number of nitrogen functional groups attached to an aromatic ring is 1. The topological polar surface area (TPSA) is 123 Å². The Bertz CT molecular complexity index is 1180. The minimum atomic E-state index is -0.305. The Balaban J connectivity index is 1.79. The summed E-state index contributed by atoms with van der Waals surface area (Å²) in [4.78, 5) is 22.8. The van der Waals surface area contributed by atoms with Crippen LogP contribution in [0.25, 0.3) is 0 Å². The second-order valence-corrected chi connectivity index (χ2v) is 9.53. The number of hydrogen-bond donors (Lipinski definition) is 3. The summed E-state index contributed by atoms with van der Waals surface area (Å²) < 4.78 is 10.7. The molecular weight excluding hydrogens is 482 g/mol. The van der Waals surface area contributed by atoms with Gasteiger partial charge in [0, 0.05) is 30.8 Å². The van der Waals surface area contributed by atoms with E-state index < -0.39 is 0 Å². The molecule has 0 aliphatic rings. The summed E-state index contributed by atoms with van der Waals surface area (Å²) in [7, 11) is 5.48. The lowest BCUT2D eigenvalue weighted by Gasteiger charge is -2.22. The molecule has 0 aliphatic carbocycles. The molecule has 0 saturated heterocycles. The lowest BCUT2D eigenvalue weighted by Crippen LogP contribution is -2.17. The van der Waals surface area contributed by atoms with Crippen LogP contribution in [0.3, 0.4) is 0 Å². The molecule has 1 atom stereocenters. The fourth-order valence-electron chi connectivity index (χ4n) is 4.20. The summed E-state index contributed by atoms with van der Waals surface area (Å²) in [5.41, 5.74) is 10.6. The van der Waals surface area contributed by atoms with E-state index in [1.165, 1.54) is 7.11 Å². The van der Waals surface area contributed by atoms with Crippen molar-refractivity contribution in [2.24, 2.45) is 0 Å². The first-order valence-corrected chi connectivity index (χ1v) is 12.8. The molecular formula is C29H39N5O4. The van der Waals surface area contributed by atoms with E-state index in [1.807, 2.05) is 55.5 Å². The zero-order valence-corrected chi connectivity index (χ0v) is 22.7. The van der Waals surface area contributed by atoms with Crippen molar-refractivity contribution in [3.8, 4) is 5.75 Å². The summed E-state index contributed by atoms with van der Waals surface area (Å²) in [6.07, 6.45) is 2.19. The second-order valence-electron chi connectivity index (χ2n) is 9.53. The zero-order chi connectivity index (χ0) is 27.5. The molecule has 4 N–H and O–H groups in total. The number of benzene rings is 2. The summed E-state index contributed by atoms with van der Waals surface area (Å²) in [5.74, 6) is 1.33. The Morgan fingerprint density at radius 3 is 2.58 bits per heavy atom. The summed E-state index contributed by atoms with van der Waals surface area (Å²) in [5, 5.41) is 13.3. The Kier molecular flexibility index (Phi) is 10.9. The molecule has 1 unspecified atom stereocenters. The maximum atomic E-state index is 11.8. The average molecular weight is 522 g/mol. The number of aliphatic hydroxyl groups is 1. The predicted octanol–water partition coefficient (Wildman–Crippen LogP) is 3.54. The van der Waals surface area contributed by atoms with Crippen molar-refractivity contribution in [3.63, 3.8) is 0 Å². The van der Waals surface area contributed by atoms with Crippen molar-refractivity contribution < 1.29 is 19.4 Å². The Morgan fingerprint density at radius 1 is 1.13 bits per heavy atom. The van der Waals surface area contributed by atoms with Gasteiger partial charge < -0.3 is 30.5 Å². The highest BCUT2D eigenvalue weighted by Gasteiger charge is 2.18. The number of carbonyl (C=O) groups excluding carboxylic acids is 1. The smallest absolute Gasteiger partial charge is 0.309 e. The van der Waals surface area contributed by atoms with E-state index in [1.54, 1.807) is 0 Å². The molecule has 0 amide bonds. The third-order valence-electron chi connectivity index (χ3n) is 6.21. The minimum Gasteiger partial charge on any atom is -0.494 e. The van der Waals surface area contributed by atoms with Crippen molar-refractivity contribution in [2.75, 3.05) is 52.0 Å². The fourth-order valence-corrected chi connectivity index (χ4v) is 4.20. The van der Waals surface area contributed by atoms with Crippen LogP contribution in [0.1, 0.15) is 46.8 Å². The summed E-state index contributed by atoms with van der Waals surface area (Å²) in [6, 6.07) is 15.5. The Labute approximate surface area is 225 Å². The molecule has 2 aromatic carbocycles. The van der Waals surface area contributed by atoms with Crippen LogP contribution in [-0.2, 0) is 22.4 Å². The van der Waals surface area contributed by atoms with Gasteiger partial charge in [-0.05, 0) is 62.7 Å². The number of carbonyl (C=O) groups is 1. The molecule has 0 aliphatic heterocycles. The van der Waals surface area contributed by atoms with Crippen molar-refractivity contribution in [1.29, 1.82) is 0 Å². The van der Waals surface area contributed by atoms with Gasteiger partial charge in [0.1, 0.15) is 11.6 Å². The summed E-state index contributed by atoms with van der Waals surface area (Å²) in [6.45, 7) is 3.54. The van der Waals surface area contributed by atoms with E-state index in [0.717, 1.165) is 46.7 Å². The molecule has 0 radical (unpaired) electrons. The molecule has 1 aromatic heterocycles. The SMILES string of the molecule is COC(=O)Cc1cccc(C(CCO)Nc2nc(N)nc(C)c2Cc2ccc(OCCCN(C)C)cc2)c1. The van der Waals surface area contributed by atoms with Gasteiger partial charge in [-0.3, -0.25) is 4.79 Å². The van der Waals surface area contributed by atoms with Crippen LogP contribution < -0.4 is 15.8 Å². The number of nitrogens with two attached hydrogens (primary N) is 1. The van der Waals surface area contributed by atoms with Crippen molar-refractivity contribution in [3.05, 3.63) is 76.5 Å². The third-order valence-corrected chi connectivity index (χ3v) is 6.21. The number of anilines is 2. The van der Waals surface area contributed by atoms with Crippen molar-refractivity contribution in [1.82, 2.24) is 14.9 Å². The van der Waals surface area contributed by atoms with Gasteiger partial charge in [0.2, 0.25) is 5.95 Å². The van der Waals surface area contributed by atoms with E-state index in [9.17, 15) is 9.90 Å². The number of ether oxygens (including phenoxy) is 2. The van der Waals surface area contributed by atoms with Crippen LogP contribution in [0, 0.1) is 6.92 Å². The van der Waals surface area contributed by atoms with Crippen LogP contribution >= 0.6 is 0 Å². The van der Waals surface area contributed by atoms with E-state index in [2.05, 4.69) is 34.3 Å². The predicted molar refractivity (Wildman–Crippen MR) is 149 cm³/mol. The van der Waals surface area contributed by atoms with Crippen LogP contribution in [0.4, 0.5) is 11.8 Å². The first-order chi connectivity index (χ1) is 18.3. The van der Waals surface area contributed by atoms with Gasteiger partial charge in [-0.2, -0.15) is 4.98 Å². The van der Waals surface area contributed by atoms with Gasteiger partial charge in [0.15, 0.2) is 0 Å². The molecule has 1 heterocycles.